The van der Waals surface area contributed by atoms with Gasteiger partial charge in [-0.1, -0.05) is 37.6 Å². The summed E-state index contributed by atoms with van der Waals surface area (Å²) >= 11 is 6.34. The van der Waals surface area contributed by atoms with Crippen molar-refractivity contribution in [3.05, 3.63) is 53.7 Å². The van der Waals surface area contributed by atoms with Crippen LogP contribution in [0.3, 0.4) is 0 Å². The zero-order valence-electron chi connectivity index (χ0n) is 22.6. The molecule has 0 bridgehead atoms. The molecule has 1 aromatic heterocycles. The Bertz CT molecular complexity index is 1350. The fourth-order valence-electron chi connectivity index (χ4n) is 3.94. The van der Waals surface area contributed by atoms with Gasteiger partial charge in [-0.25, -0.2) is 18.1 Å². The van der Waals surface area contributed by atoms with Gasteiger partial charge < -0.3 is 25.6 Å². The maximum atomic E-state index is 12.4. The van der Waals surface area contributed by atoms with Gasteiger partial charge >= 0.3 is 0 Å². The molecule has 0 aliphatic heterocycles. The van der Waals surface area contributed by atoms with Gasteiger partial charge in [-0.05, 0) is 57.7 Å². The smallest absolute Gasteiger partial charge is 0.242 e. The van der Waals surface area contributed by atoms with Crippen LogP contribution in [0.15, 0.2) is 53.6 Å². The Labute approximate surface area is 230 Å². The largest absolute Gasteiger partial charge is 0.492 e. The Morgan fingerprint density at radius 3 is 2.50 bits per heavy atom. The highest BCUT2D eigenvalue weighted by atomic mass is 35.5. The van der Waals surface area contributed by atoms with Gasteiger partial charge in [0.25, 0.3) is 0 Å². The number of hydrogen-bond acceptors (Lipinski definition) is 9. The predicted octanol–water partition coefficient (Wildman–Crippen LogP) is 4.92. The number of nitrogens with zero attached hydrogens (tertiary/aromatic N) is 3. The van der Waals surface area contributed by atoms with E-state index in [0.29, 0.717) is 23.7 Å². The minimum atomic E-state index is -3.70. The zero-order valence-corrected chi connectivity index (χ0v) is 24.2. The molecule has 38 heavy (non-hydrogen) atoms. The lowest BCUT2D eigenvalue weighted by Crippen LogP contribution is -2.34. The van der Waals surface area contributed by atoms with Crippen LogP contribution < -0.4 is 25.4 Å². The maximum Gasteiger partial charge on any atom is 0.242 e. The number of anilines is 5. The fourth-order valence-corrected chi connectivity index (χ4v) is 4.97. The van der Waals surface area contributed by atoms with E-state index >= 15 is 0 Å². The van der Waals surface area contributed by atoms with E-state index in [4.69, 9.17) is 16.3 Å². The SMILES string of the molecule is CCOc1cc(NCC(C)(C)CN(C)C)ccc1Nc1ncc(Cl)c(Nc2ccccc2S(=O)(=O)NC)n1. The topological polar surface area (TPSA) is 121 Å². The molecule has 3 aromatic rings. The van der Waals surface area contributed by atoms with Crippen LogP contribution in [0.5, 0.6) is 5.75 Å². The molecule has 0 unspecified atom stereocenters. The summed E-state index contributed by atoms with van der Waals surface area (Å²) in [6.45, 7) is 8.58. The first kappa shape index (κ1) is 29.4. The molecule has 0 amide bonds. The van der Waals surface area contributed by atoms with Crippen molar-refractivity contribution in [3.63, 3.8) is 0 Å². The average Bonchev–Trinajstić information content (AvgIpc) is 2.86. The molecule has 2 aromatic carbocycles. The molecule has 0 saturated carbocycles. The Kier molecular flexibility index (Phi) is 9.77. The van der Waals surface area contributed by atoms with Crippen molar-refractivity contribution in [3.8, 4) is 5.75 Å². The Morgan fingerprint density at radius 1 is 1.08 bits per heavy atom. The summed E-state index contributed by atoms with van der Waals surface area (Å²) in [7, 11) is 1.79. The maximum absolute atomic E-state index is 12.4. The predicted molar refractivity (Wildman–Crippen MR) is 155 cm³/mol. The number of rotatable bonds is 13. The molecule has 0 fully saturated rings. The summed E-state index contributed by atoms with van der Waals surface area (Å²) in [5.74, 6) is 1.16. The quantitative estimate of drug-likeness (QED) is 0.230. The minimum Gasteiger partial charge on any atom is -0.492 e. The molecule has 1 heterocycles. The van der Waals surface area contributed by atoms with E-state index in [0.717, 1.165) is 18.8 Å². The summed E-state index contributed by atoms with van der Waals surface area (Å²) in [5, 5.41) is 9.93. The number of benzene rings is 2. The molecule has 10 nitrogen and oxygen atoms in total. The van der Waals surface area contributed by atoms with Gasteiger partial charge in [-0.15, -0.1) is 0 Å². The Balaban J connectivity index is 1.83. The third kappa shape index (κ3) is 7.94. The first-order chi connectivity index (χ1) is 17.9. The van der Waals surface area contributed by atoms with E-state index in [-0.39, 0.29) is 27.1 Å². The monoisotopic (exact) mass is 561 g/mol. The number of sulfonamides is 1. The lowest BCUT2D eigenvalue weighted by molar-refractivity contribution is 0.254. The molecular formula is C26H36ClN7O3S. The van der Waals surface area contributed by atoms with Crippen LogP contribution in [0.2, 0.25) is 5.02 Å². The van der Waals surface area contributed by atoms with Crippen molar-refractivity contribution in [2.75, 3.05) is 56.8 Å². The van der Waals surface area contributed by atoms with Crippen molar-refractivity contribution in [1.82, 2.24) is 19.6 Å². The van der Waals surface area contributed by atoms with Crippen LogP contribution >= 0.6 is 11.6 Å². The van der Waals surface area contributed by atoms with Gasteiger partial charge in [0.15, 0.2) is 5.82 Å². The van der Waals surface area contributed by atoms with Crippen molar-refractivity contribution in [2.45, 2.75) is 25.7 Å². The molecular weight excluding hydrogens is 526 g/mol. The van der Waals surface area contributed by atoms with Crippen LogP contribution in [0.1, 0.15) is 20.8 Å². The number of ether oxygens (including phenoxy) is 1. The van der Waals surface area contributed by atoms with E-state index in [9.17, 15) is 8.42 Å². The molecule has 0 aliphatic carbocycles. The van der Waals surface area contributed by atoms with Crippen molar-refractivity contribution < 1.29 is 13.2 Å². The van der Waals surface area contributed by atoms with Gasteiger partial charge in [-0.2, -0.15) is 4.98 Å². The van der Waals surface area contributed by atoms with Crippen LogP contribution in [0.25, 0.3) is 0 Å². The summed E-state index contributed by atoms with van der Waals surface area (Å²) in [4.78, 5) is 11.0. The van der Waals surface area contributed by atoms with Gasteiger partial charge in [0.05, 0.1) is 24.2 Å². The number of hydrogen-bond donors (Lipinski definition) is 4. The summed E-state index contributed by atoms with van der Waals surface area (Å²) in [5.41, 5.74) is 2.03. The van der Waals surface area contributed by atoms with E-state index in [1.54, 1.807) is 18.2 Å². The molecule has 3 rings (SSSR count). The van der Waals surface area contributed by atoms with E-state index in [1.807, 2.05) is 25.1 Å². The molecule has 206 valence electrons. The Hall–Kier alpha value is -3.12. The highest BCUT2D eigenvalue weighted by Crippen LogP contribution is 2.33. The average molecular weight is 562 g/mol. The molecule has 0 spiro atoms. The standard InChI is InChI=1S/C26H36ClN7O3S/c1-7-37-22-14-18(30-16-26(2,3)17-34(5)6)12-13-20(22)32-25-29-15-19(27)24(33-25)31-21-10-8-9-11-23(21)38(35,36)28-4/h8-15,28,30H,7,16-17H2,1-6H3,(H2,29,31,32,33). The highest BCUT2D eigenvalue weighted by Gasteiger charge is 2.20. The molecule has 0 saturated heterocycles. The summed E-state index contributed by atoms with van der Waals surface area (Å²) in [6.07, 6.45) is 1.44. The van der Waals surface area contributed by atoms with E-state index in [1.165, 1.54) is 19.3 Å². The normalized spacial score (nSPS) is 11.9. The third-order valence-electron chi connectivity index (χ3n) is 5.49. The molecule has 12 heteroatoms. The number of nitrogens with one attached hydrogen (secondary N) is 4. The van der Waals surface area contributed by atoms with Crippen LogP contribution in [0, 0.1) is 5.41 Å². The molecule has 0 aliphatic rings. The second-order valence-corrected chi connectivity index (χ2v) is 12.0. The molecule has 0 atom stereocenters. The van der Waals surface area contributed by atoms with Crippen molar-refractivity contribution >= 4 is 50.5 Å². The lowest BCUT2D eigenvalue weighted by Gasteiger charge is -2.29. The van der Waals surface area contributed by atoms with E-state index < -0.39 is 10.0 Å². The third-order valence-corrected chi connectivity index (χ3v) is 7.23. The van der Waals surface area contributed by atoms with Gasteiger partial charge in [0.2, 0.25) is 16.0 Å². The first-order valence-corrected chi connectivity index (χ1v) is 14.0. The van der Waals surface area contributed by atoms with Crippen LogP contribution in [0.4, 0.5) is 28.8 Å². The van der Waals surface area contributed by atoms with Crippen LogP contribution in [-0.4, -0.2) is 64.1 Å². The number of halogens is 1. The van der Waals surface area contributed by atoms with Gasteiger partial charge in [-0.3, -0.25) is 0 Å². The van der Waals surface area contributed by atoms with Crippen LogP contribution in [-0.2, 0) is 10.0 Å². The van der Waals surface area contributed by atoms with Gasteiger partial charge in [0, 0.05) is 24.8 Å². The van der Waals surface area contributed by atoms with Gasteiger partial charge in [0.1, 0.15) is 15.7 Å². The summed E-state index contributed by atoms with van der Waals surface area (Å²) in [6, 6.07) is 12.3. The Morgan fingerprint density at radius 2 is 1.82 bits per heavy atom. The second kappa shape index (κ2) is 12.6. The van der Waals surface area contributed by atoms with Crippen molar-refractivity contribution in [1.29, 1.82) is 0 Å². The molecule has 0 radical (unpaired) electrons. The molecule has 4 N–H and O–H groups in total. The highest BCUT2D eigenvalue weighted by molar-refractivity contribution is 7.89. The van der Waals surface area contributed by atoms with Crippen molar-refractivity contribution in [2.24, 2.45) is 5.41 Å². The fraction of sp³-hybridized carbons (Fsp3) is 0.385. The first-order valence-electron chi connectivity index (χ1n) is 12.2. The summed E-state index contributed by atoms with van der Waals surface area (Å²) < 4.78 is 33.1. The second-order valence-electron chi connectivity index (χ2n) is 9.74. The zero-order chi connectivity index (χ0) is 27.9. The number of aromatic nitrogens is 2. The van der Waals surface area contributed by atoms with E-state index in [2.05, 4.69) is 63.5 Å². The lowest BCUT2D eigenvalue weighted by atomic mass is 9.93. The number of para-hydroxylation sites is 1. The minimum absolute atomic E-state index is 0.0715.